The number of carbonyl (C=O) groups is 1. The molecule has 0 spiro atoms. The normalized spacial score (nSPS) is 10.7. The summed E-state index contributed by atoms with van der Waals surface area (Å²) >= 11 is 0. The highest BCUT2D eigenvalue weighted by atomic mass is 16.5. The molecule has 0 aliphatic rings. The van der Waals surface area contributed by atoms with Crippen molar-refractivity contribution >= 4 is 16.9 Å². The van der Waals surface area contributed by atoms with Gasteiger partial charge in [0.15, 0.2) is 11.5 Å². The van der Waals surface area contributed by atoms with Crippen LogP contribution in [-0.2, 0) is 0 Å². The molecule has 0 amide bonds. The molecule has 0 unspecified atom stereocenters. The second kappa shape index (κ2) is 6.81. The van der Waals surface area contributed by atoms with E-state index in [1.54, 1.807) is 19.2 Å². The second-order valence-electron chi connectivity index (χ2n) is 5.65. The molecular weight excluding hydrogens is 318 g/mol. The Kier molecular flexibility index (Phi) is 4.57. The first-order chi connectivity index (χ1) is 12.0. The molecule has 2 aromatic carbocycles. The molecule has 0 fully saturated rings. The monoisotopic (exact) mass is 337 g/mol. The van der Waals surface area contributed by atoms with E-state index < -0.39 is 5.97 Å². The predicted octanol–water partition coefficient (Wildman–Crippen LogP) is 4.32. The lowest BCUT2D eigenvalue weighted by Gasteiger charge is -2.15. The van der Waals surface area contributed by atoms with Crippen molar-refractivity contribution in [1.29, 1.82) is 0 Å². The van der Waals surface area contributed by atoms with Gasteiger partial charge in [0, 0.05) is 10.9 Å². The number of fused-ring (bicyclic) bond motifs is 1. The van der Waals surface area contributed by atoms with Gasteiger partial charge < -0.3 is 14.6 Å². The van der Waals surface area contributed by atoms with E-state index in [1.807, 2.05) is 44.2 Å². The summed E-state index contributed by atoms with van der Waals surface area (Å²) < 4.78 is 11.1. The van der Waals surface area contributed by atoms with Crippen molar-refractivity contribution in [3.63, 3.8) is 0 Å². The zero-order chi connectivity index (χ0) is 18.0. The van der Waals surface area contributed by atoms with E-state index in [9.17, 15) is 9.90 Å². The molecule has 0 atom stereocenters. The zero-order valence-electron chi connectivity index (χ0n) is 14.4. The lowest BCUT2D eigenvalue weighted by molar-refractivity contribution is 0.0699. The highest BCUT2D eigenvalue weighted by Crippen LogP contribution is 2.38. The molecule has 1 aromatic heterocycles. The maximum atomic E-state index is 11.8. The van der Waals surface area contributed by atoms with Gasteiger partial charge in [-0.3, -0.25) is 0 Å². The van der Waals surface area contributed by atoms with Crippen LogP contribution in [0.2, 0.25) is 0 Å². The summed E-state index contributed by atoms with van der Waals surface area (Å²) in [6.45, 7) is 4.27. The van der Waals surface area contributed by atoms with Gasteiger partial charge in [-0.05, 0) is 44.2 Å². The van der Waals surface area contributed by atoms with Gasteiger partial charge in [0.1, 0.15) is 0 Å². The van der Waals surface area contributed by atoms with Crippen LogP contribution in [-0.4, -0.2) is 29.8 Å². The van der Waals surface area contributed by atoms with Gasteiger partial charge in [-0.15, -0.1) is 0 Å². The predicted molar refractivity (Wildman–Crippen MR) is 96.6 cm³/mol. The Morgan fingerprint density at radius 3 is 2.68 bits per heavy atom. The summed E-state index contributed by atoms with van der Waals surface area (Å²) in [6, 6.07) is 12.7. The summed E-state index contributed by atoms with van der Waals surface area (Å²) in [6.07, 6.45) is 0. The number of hydrogen-bond acceptors (Lipinski definition) is 4. The summed E-state index contributed by atoms with van der Waals surface area (Å²) in [4.78, 5) is 16.4. The van der Waals surface area contributed by atoms with Crippen LogP contribution in [0.1, 0.15) is 22.8 Å². The van der Waals surface area contributed by atoms with Crippen molar-refractivity contribution in [2.45, 2.75) is 13.8 Å². The Labute approximate surface area is 145 Å². The van der Waals surface area contributed by atoms with E-state index in [2.05, 4.69) is 4.98 Å². The quantitative estimate of drug-likeness (QED) is 0.751. The van der Waals surface area contributed by atoms with Gasteiger partial charge >= 0.3 is 5.97 Å². The van der Waals surface area contributed by atoms with Crippen molar-refractivity contribution in [1.82, 2.24) is 4.98 Å². The average molecular weight is 337 g/mol. The van der Waals surface area contributed by atoms with Crippen molar-refractivity contribution < 1.29 is 19.4 Å². The number of aryl methyl sites for hydroxylation is 1. The van der Waals surface area contributed by atoms with E-state index in [-0.39, 0.29) is 5.56 Å². The van der Waals surface area contributed by atoms with Gasteiger partial charge in [0.2, 0.25) is 0 Å². The van der Waals surface area contributed by atoms with Crippen LogP contribution in [0, 0.1) is 6.92 Å². The van der Waals surface area contributed by atoms with E-state index in [4.69, 9.17) is 9.47 Å². The molecule has 3 aromatic rings. The fraction of sp³-hybridized carbons (Fsp3) is 0.200. The minimum atomic E-state index is -0.986. The largest absolute Gasteiger partial charge is 0.493 e. The molecule has 128 valence electrons. The summed E-state index contributed by atoms with van der Waals surface area (Å²) in [7, 11) is 1.57. The SMILES string of the molecule is CCOc1c(OC)cccc1-c1cc(C(=O)O)c2cc(C)ccc2n1. The van der Waals surface area contributed by atoms with Crippen LogP contribution in [0.15, 0.2) is 42.5 Å². The first kappa shape index (κ1) is 16.8. The Morgan fingerprint density at radius 2 is 2.00 bits per heavy atom. The number of nitrogens with zero attached hydrogens (tertiary/aromatic N) is 1. The van der Waals surface area contributed by atoms with Crippen LogP contribution in [0.4, 0.5) is 0 Å². The molecular formula is C20H19NO4. The molecule has 5 heteroatoms. The van der Waals surface area contributed by atoms with Crippen molar-refractivity contribution in [3.8, 4) is 22.8 Å². The average Bonchev–Trinajstić information content (AvgIpc) is 2.61. The second-order valence-corrected chi connectivity index (χ2v) is 5.65. The standard InChI is InChI=1S/C20H19NO4/c1-4-25-19-13(6-5-7-18(19)24-3)17-11-15(20(22)23)14-10-12(2)8-9-16(14)21-17/h5-11H,4H2,1-3H3,(H,22,23). The van der Waals surface area contributed by atoms with Crippen LogP contribution >= 0.6 is 0 Å². The third kappa shape index (κ3) is 3.13. The van der Waals surface area contributed by atoms with Crippen molar-refractivity contribution in [3.05, 3.63) is 53.6 Å². The maximum Gasteiger partial charge on any atom is 0.336 e. The van der Waals surface area contributed by atoms with Crippen LogP contribution in [0.3, 0.4) is 0 Å². The number of para-hydroxylation sites is 1. The fourth-order valence-corrected chi connectivity index (χ4v) is 2.83. The molecule has 3 rings (SSSR count). The third-order valence-electron chi connectivity index (χ3n) is 3.96. The number of aromatic nitrogens is 1. The molecule has 0 aliphatic carbocycles. The molecule has 0 radical (unpaired) electrons. The van der Waals surface area contributed by atoms with Gasteiger partial charge in [0.05, 0.1) is 30.5 Å². The summed E-state index contributed by atoms with van der Waals surface area (Å²) in [5, 5.41) is 10.3. The maximum absolute atomic E-state index is 11.8. The Hall–Kier alpha value is -3.08. The number of aromatic carboxylic acids is 1. The van der Waals surface area contributed by atoms with Gasteiger partial charge in [0.25, 0.3) is 0 Å². The number of benzene rings is 2. The molecule has 5 nitrogen and oxygen atoms in total. The Bertz CT molecular complexity index is 950. The smallest absolute Gasteiger partial charge is 0.336 e. The van der Waals surface area contributed by atoms with E-state index in [0.29, 0.717) is 40.3 Å². The molecule has 0 saturated heterocycles. The fourth-order valence-electron chi connectivity index (χ4n) is 2.83. The van der Waals surface area contributed by atoms with Gasteiger partial charge in [-0.2, -0.15) is 0 Å². The van der Waals surface area contributed by atoms with Gasteiger partial charge in [-0.1, -0.05) is 17.7 Å². The van der Waals surface area contributed by atoms with Crippen molar-refractivity contribution in [2.75, 3.05) is 13.7 Å². The summed E-state index contributed by atoms with van der Waals surface area (Å²) in [5.41, 5.74) is 3.07. The Balaban J connectivity index is 2.30. The van der Waals surface area contributed by atoms with E-state index >= 15 is 0 Å². The number of methoxy groups -OCH3 is 1. The van der Waals surface area contributed by atoms with E-state index in [0.717, 1.165) is 5.56 Å². The summed E-state index contributed by atoms with van der Waals surface area (Å²) in [5.74, 6) is 0.157. The topological polar surface area (TPSA) is 68.7 Å². The zero-order valence-corrected chi connectivity index (χ0v) is 14.4. The first-order valence-electron chi connectivity index (χ1n) is 8.00. The number of rotatable bonds is 5. The molecule has 0 saturated carbocycles. The molecule has 1 heterocycles. The van der Waals surface area contributed by atoms with Crippen LogP contribution < -0.4 is 9.47 Å². The minimum Gasteiger partial charge on any atom is -0.493 e. The lowest BCUT2D eigenvalue weighted by Crippen LogP contribution is -2.02. The number of pyridine rings is 1. The molecule has 1 N–H and O–H groups in total. The molecule has 0 aliphatic heterocycles. The first-order valence-corrected chi connectivity index (χ1v) is 8.00. The van der Waals surface area contributed by atoms with Crippen LogP contribution in [0.5, 0.6) is 11.5 Å². The highest BCUT2D eigenvalue weighted by Gasteiger charge is 2.17. The molecule has 0 bridgehead atoms. The number of ether oxygens (including phenoxy) is 2. The lowest BCUT2D eigenvalue weighted by atomic mass is 10.0. The highest BCUT2D eigenvalue weighted by molar-refractivity contribution is 6.04. The number of carboxylic acids is 1. The van der Waals surface area contributed by atoms with Crippen molar-refractivity contribution in [2.24, 2.45) is 0 Å². The van der Waals surface area contributed by atoms with Crippen LogP contribution in [0.25, 0.3) is 22.2 Å². The number of carboxylic acid groups (broad SMARTS) is 1. The number of hydrogen-bond donors (Lipinski definition) is 1. The van der Waals surface area contributed by atoms with Gasteiger partial charge in [-0.25, -0.2) is 9.78 Å². The third-order valence-corrected chi connectivity index (χ3v) is 3.96. The Morgan fingerprint density at radius 1 is 1.20 bits per heavy atom. The molecule has 25 heavy (non-hydrogen) atoms. The minimum absolute atomic E-state index is 0.217. The van der Waals surface area contributed by atoms with E-state index in [1.165, 1.54) is 0 Å².